The van der Waals surface area contributed by atoms with Gasteiger partial charge in [0.15, 0.2) is 11.7 Å². The number of rotatable bonds is 32. The number of amides is 7. The van der Waals surface area contributed by atoms with E-state index in [2.05, 4.69) is 51.4 Å². The van der Waals surface area contributed by atoms with Crippen LogP contribution < -0.4 is 48.7 Å². The van der Waals surface area contributed by atoms with E-state index in [1.807, 2.05) is 17.2 Å². The second-order valence-electron chi connectivity index (χ2n) is 16.8. The summed E-state index contributed by atoms with van der Waals surface area (Å²) < 4.78 is 12.5. The van der Waals surface area contributed by atoms with Crippen LogP contribution in [0, 0.1) is 5.92 Å². The molecule has 12 N–H and O–H groups in total. The molecule has 3 rings (SSSR count). The number of ketones is 1. The van der Waals surface area contributed by atoms with Crippen LogP contribution in [0.2, 0.25) is 0 Å². The minimum atomic E-state index is -1.23. The van der Waals surface area contributed by atoms with Gasteiger partial charge in [-0.05, 0) is 56.9 Å². The van der Waals surface area contributed by atoms with Crippen molar-refractivity contribution in [2.24, 2.45) is 28.1 Å². The van der Waals surface area contributed by atoms with Crippen LogP contribution in [-0.2, 0) is 38.4 Å². The SMILES string of the molecule is CC[C@H](C)[C@H](NC(=O)CCC(=O)N[C@@H](CCCCNC(=O)[C@@H](CCCN=C(N)N)NC(=O)CCCCCCCC(=O)N1CCN(c2ncnc3[nH]ccc23)CC1)C(N)=O)C(=O)NCC(=O)CF. The summed E-state index contributed by atoms with van der Waals surface area (Å²) in [6, 6.07) is -0.920. The van der Waals surface area contributed by atoms with Crippen LogP contribution in [0.3, 0.4) is 0 Å². The van der Waals surface area contributed by atoms with Crippen molar-refractivity contribution in [2.75, 3.05) is 57.4 Å². The Hall–Kier alpha value is -6.42. The lowest BCUT2D eigenvalue weighted by molar-refractivity contribution is -0.132. The molecule has 67 heavy (non-hydrogen) atoms. The second-order valence-corrected chi connectivity index (χ2v) is 16.8. The fourth-order valence-electron chi connectivity index (χ4n) is 7.45. The van der Waals surface area contributed by atoms with E-state index in [4.69, 9.17) is 17.2 Å². The van der Waals surface area contributed by atoms with Gasteiger partial charge in [-0.1, -0.05) is 39.5 Å². The third kappa shape index (κ3) is 20.3. The first-order chi connectivity index (χ1) is 32.1. The fraction of sp³-hybridized carbons (Fsp3) is 0.659. The third-order valence-electron chi connectivity index (χ3n) is 11.6. The number of nitrogens with zero attached hydrogens (tertiary/aromatic N) is 5. The van der Waals surface area contributed by atoms with Crippen LogP contribution in [0.1, 0.15) is 110 Å². The quantitative estimate of drug-likeness (QED) is 0.0267. The van der Waals surface area contributed by atoms with Crippen molar-refractivity contribution in [1.82, 2.24) is 46.4 Å². The molecule has 2 aromatic rings. The molecule has 4 atom stereocenters. The van der Waals surface area contributed by atoms with Gasteiger partial charge in [0.25, 0.3) is 0 Å². The van der Waals surface area contributed by atoms with Gasteiger partial charge in [-0.25, -0.2) is 14.4 Å². The summed E-state index contributed by atoms with van der Waals surface area (Å²) in [5, 5.41) is 14.0. The molecule has 0 aromatic carbocycles. The monoisotopic (exact) mass is 943 g/mol. The molecule has 0 saturated carbocycles. The molecule has 372 valence electrons. The molecule has 0 bridgehead atoms. The Kier molecular flexibility index (Phi) is 24.6. The van der Waals surface area contributed by atoms with Gasteiger partial charge in [0.2, 0.25) is 41.4 Å². The minimum absolute atomic E-state index is 0.0819. The summed E-state index contributed by atoms with van der Waals surface area (Å²) in [6.45, 7) is 4.93. The van der Waals surface area contributed by atoms with E-state index >= 15 is 0 Å². The molecule has 1 aliphatic rings. The Labute approximate surface area is 390 Å². The lowest BCUT2D eigenvalue weighted by atomic mass is 9.98. The predicted molar refractivity (Wildman–Crippen MR) is 249 cm³/mol. The van der Waals surface area contributed by atoms with Crippen molar-refractivity contribution in [2.45, 2.75) is 128 Å². The number of guanidine groups is 1. The number of alkyl halides is 1. The number of aromatic nitrogens is 3. The molecule has 0 unspecified atom stereocenters. The second kappa shape index (κ2) is 30.0. The molecule has 3 heterocycles. The van der Waals surface area contributed by atoms with Crippen molar-refractivity contribution in [3.05, 3.63) is 18.6 Å². The summed E-state index contributed by atoms with van der Waals surface area (Å²) in [5.74, 6) is -3.52. The van der Waals surface area contributed by atoms with Crippen LogP contribution in [-0.4, -0.2) is 144 Å². The highest BCUT2D eigenvalue weighted by Crippen LogP contribution is 2.23. The number of aromatic amines is 1. The molecule has 7 amide bonds. The number of hydrogen-bond acceptors (Lipinski definition) is 12. The van der Waals surface area contributed by atoms with E-state index < -0.39 is 66.7 Å². The zero-order chi connectivity index (χ0) is 49.1. The Morgan fingerprint density at radius 1 is 0.761 bits per heavy atom. The van der Waals surface area contributed by atoms with E-state index in [9.17, 15) is 42.7 Å². The first kappa shape index (κ1) is 54.9. The number of unbranched alkanes of at least 4 members (excludes halogenated alkanes) is 5. The number of primary amides is 1. The number of piperazine rings is 1. The van der Waals surface area contributed by atoms with E-state index in [0.29, 0.717) is 64.7 Å². The molecule has 23 heteroatoms. The molecule has 1 fully saturated rings. The Balaban J connectivity index is 1.32. The maximum absolute atomic E-state index is 13.2. The highest BCUT2D eigenvalue weighted by molar-refractivity contribution is 5.93. The number of nitrogens with one attached hydrogen (secondary N) is 6. The molecular weight excluding hydrogens is 872 g/mol. The molecule has 0 spiro atoms. The maximum atomic E-state index is 13.2. The number of H-pyrrole nitrogens is 1. The van der Waals surface area contributed by atoms with E-state index in [-0.39, 0.29) is 68.9 Å². The highest BCUT2D eigenvalue weighted by atomic mass is 19.1. The molecule has 0 aliphatic carbocycles. The smallest absolute Gasteiger partial charge is 0.243 e. The van der Waals surface area contributed by atoms with Gasteiger partial charge < -0.3 is 58.6 Å². The lowest BCUT2D eigenvalue weighted by Crippen LogP contribution is -2.51. The number of aliphatic imine (C=N–C) groups is 1. The van der Waals surface area contributed by atoms with Crippen LogP contribution in [0.4, 0.5) is 10.2 Å². The highest BCUT2D eigenvalue weighted by Gasteiger charge is 2.28. The summed E-state index contributed by atoms with van der Waals surface area (Å²) >= 11 is 0. The first-order valence-electron chi connectivity index (χ1n) is 23.3. The molecule has 0 radical (unpaired) electrons. The van der Waals surface area contributed by atoms with Crippen LogP contribution >= 0.6 is 0 Å². The summed E-state index contributed by atoms with van der Waals surface area (Å²) in [6.07, 6.45) is 9.59. The number of carbonyl (C=O) groups is 8. The molecule has 1 saturated heterocycles. The Morgan fingerprint density at radius 3 is 2.07 bits per heavy atom. The van der Waals surface area contributed by atoms with Crippen LogP contribution in [0.5, 0.6) is 0 Å². The molecular formula is C44H71FN14O8. The third-order valence-corrected chi connectivity index (χ3v) is 11.6. The van der Waals surface area contributed by atoms with Gasteiger partial charge in [-0.3, -0.25) is 43.3 Å². The summed E-state index contributed by atoms with van der Waals surface area (Å²) in [5.41, 5.74) is 17.2. The van der Waals surface area contributed by atoms with Crippen molar-refractivity contribution >= 4 is 69.9 Å². The van der Waals surface area contributed by atoms with Crippen molar-refractivity contribution < 1.29 is 42.7 Å². The minimum Gasteiger partial charge on any atom is -0.370 e. The Bertz CT molecular complexity index is 1970. The van der Waals surface area contributed by atoms with Crippen molar-refractivity contribution in [3.63, 3.8) is 0 Å². The number of anilines is 1. The van der Waals surface area contributed by atoms with Gasteiger partial charge in [0.05, 0.1) is 11.9 Å². The summed E-state index contributed by atoms with van der Waals surface area (Å²) in [4.78, 5) is 120. The fourth-order valence-corrected chi connectivity index (χ4v) is 7.45. The normalized spacial score (nSPS) is 14.3. The van der Waals surface area contributed by atoms with Gasteiger partial charge in [-0.2, -0.15) is 0 Å². The van der Waals surface area contributed by atoms with Crippen molar-refractivity contribution in [3.8, 4) is 0 Å². The van der Waals surface area contributed by atoms with Gasteiger partial charge in [-0.15, -0.1) is 0 Å². The zero-order valence-electron chi connectivity index (χ0n) is 38.9. The van der Waals surface area contributed by atoms with E-state index in [0.717, 1.165) is 42.5 Å². The van der Waals surface area contributed by atoms with Crippen molar-refractivity contribution in [1.29, 1.82) is 0 Å². The summed E-state index contributed by atoms with van der Waals surface area (Å²) in [7, 11) is 0. The molecule has 22 nitrogen and oxygen atoms in total. The number of carbonyl (C=O) groups excluding carboxylic acids is 8. The first-order valence-corrected chi connectivity index (χ1v) is 23.3. The average Bonchev–Trinajstić information content (AvgIpc) is 3.81. The number of nitrogens with two attached hydrogens (primary N) is 3. The largest absolute Gasteiger partial charge is 0.370 e. The average molecular weight is 943 g/mol. The molecule has 1 aliphatic heterocycles. The predicted octanol–water partition coefficient (Wildman–Crippen LogP) is 0.0981. The van der Waals surface area contributed by atoms with Crippen LogP contribution in [0.15, 0.2) is 23.6 Å². The van der Waals surface area contributed by atoms with Gasteiger partial charge >= 0.3 is 0 Å². The van der Waals surface area contributed by atoms with Gasteiger partial charge in [0, 0.05) is 71.1 Å². The topological polar surface area (TPSA) is 335 Å². The number of halogens is 1. The van der Waals surface area contributed by atoms with Crippen LogP contribution in [0.25, 0.3) is 11.0 Å². The number of hydrogen-bond donors (Lipinski definition) is 9. The maximum Gasteiger partial charge on any atom is 0.243 e. The van der Waals surface area contributed by atoms with E-state index in [1.165, 1.54) is 0 Å². The van der Waals surface area contributed by atoms with E-state index in [1.54, 1.807) is 20.2 Å². The number of Topliss-reactive ketones (excluding diaryl/α,β-unsaturated/α-hetero) is 1. The number of fused-ring (bicyclic) bond motifs is 1. The zero-order valence-corrected chi connectivity index (χ0v) is 38.9. The standard InChI is InChI=1S/C44H71FN14O8/c1-3-29(2)38(43(67)52-27-30(60)26-45)57-36(63)17-16-35(62)55-32(39(46)65)12-9-10-19-50-42(66)33(13-11-20-51-44(47)48)56-34(61)14-7-5-4-6-8-15-37(64)58-22-24-59(25-23-58)41-31-18-21-49-40(31)53-28-54-41/h18,21,28-29,32-33,38H,3-17,19-20,22-27H2,1-2H3,(H2,46,65)(H,50,66)(H,52,67)(H,55,62)(H,56,61)(H,57,63)(H4,47,48,51)(H,49,53,54)/t29-,32-,33+,38-/m0/s1. The lowest BCUT2D eigenvalue weighted by Gasteiger charge is -2.35. The Morgan fingerprint density at radius 2 is 1.40 bits per heavy atom. The van der Waals surface area contributed by atoms with Gasteiger partial charge in [0.1, 0.15) is 42.6 Å². The molecule has 2 aromatic heterocycles.